The summed E-state index contributed by atoms with van der Waals surface area (Å²) in [5.74, 6) is 0. The average molecular weight is 216 g/mol. The van der Waals surface area contributed by atoms with E-state index in [4.69, 9.17) is 9.79 Å². The number of hydrogen-bond donors (Lipinski definition) is 2. The molecule has 14 heavy (non-hydrogen) atoms. The molecule has 1 unspecified atom stereocenters. The number of phosphoric ester groups is 1. The molecule has 1 aromatic carbocycles. The van der Waals surface area contributed by atoms with Crippen LogP contribution in [0.25, 0.3) is 0 Å². The molecule has 5 heteroatoms. The summed E-state index contributed by atoms with van der Waals surface area (Å²) < 4.78 is 15.0. The standard InChI is InChI=1S/C9H13O4P/c1-8(13-14(10,11)12)7-9-5-3-2-4-6-9/h2-6,8H,7H2,1H3,(H2,10,11,12). The van der Waals surface area contributed by atoms with E-state index in [1.807, 2.05) is 30.3 Å². The first-order chi connectivity index (χ1) is 6.47. The van der Waals surface area contributed by atoms with Gasteiger partial charge in [-0.2, -0.15) is 0 Å². The Morgan fingerprint density at radius 2 is 1.93 bits per heavy atom. The third kappa shape index (κ3) is 4.53. The van der Waals surface area contributed by atoms with Crippen LogP contribution >= 0.6 is 7.82 Å². The summed E-state index contributed by atoms with van der Waals surface area (Å²) in [6.07, 6.45) is 0.00427. The lowest BCUT2D eigenvalue weighted by Crippen LogP contribution is -2.09. The molecule has 0 bridgehead atoms. The highest BCUT2D eigenvalue weighted by molar-refractivity contribution is 7.46. The normalized spacial score (nSPS) is 13.9. The maximum atomic E-state index is 10.5. The van der Waals surface area contributed by atoms with E-state index in [1.165, 1.54) is 0 Å². The Balaban J connectivity index is 2.50. The molecule has 0 spiro atoms. The predicted octanol–water partition coefficient (Wildman–Crippen LogP) is 1.73. The quantitative estimate of drug-likeness (QED) is 0.752. The van der Waals surface area contributed by atoms with E-state index in [9.17, 15) is 4.57 Å². The van der Waals surface area contributed by atoms with Gasteiger partial charge in [-0.25, -0.2) is 4.57 Å². The van der Waals surface area contributed by atoms with E-state index >= 15 is 0 Å². The van der Waals surface area contributed by atoms with Gasteiger partial charge in [0.2, 0.25) is 0 Å². The van der Waals surface area contributed by atoms with Crippen LogP contribution in [-0.4, -0.2) is 15.9 Å². The van der Waals surface area contributed by atoms with Gasteiger partial charge in [0.15, 0.2) is 0 Å². The summed E-state index contributed by atoms with van der Waals surface area (Å²) in [5.41, 5.74) is 0.994. The molecule has 1 aromatic rings. The Kier molecular flexibility index (Phi) is 3.84. The molecule has 0 amide bonds. The van der Waals surface area contributed by atoms with E-state index < -0.39 is 13.9 Å². The van der Waals surface area contributed by atoms with Crippen LogP contribution in [0.1, 0.15) is 12.5 Å². The summed E-state index contributed by atoms with van der Waals surface area (Å²) in [7, 11) is -4.36. The molecule has 0 radical (unpaired) electrons. The topological polar surface area (TPSA) is 66.8 Å². The van der Waals surface area contributed by atoms with E-state index in [2.05, 4.69) is 4.52 Å². The van der Waals surface area contributed by atoms with Gasteiger partial charge in [0.25, 0.3) is 0 Å². The number of hydrogen-bond acceptors (Lipinski definition) is 2. The smallest absolute Gasteiger partial charge is 0.303 e. The SMILES string of the molecule is CC(Cc1ccccc1)OP(=O)(O)O. The van der Waals surface area contributed by atoms with Crippen molar-refractivity contribution in [3.8, 4) is 0 Å². The molecule has 2 N–H and O–H groups in total. The zero-order valence-electron chi connectivity index (χ0n) is 7.83. The highest BCUT2D eigenvalue weighted by Gasteiger charge is 2.18. The number of phosphoric acid groups is 1. The summed E-state index contributed by atoms with van der Waals surface area (Å²) in [6, 6.07) is 9.41. The van der Waals surface area contributed by atoms with Gasteiger partial charge in [0.1, 0.15) is 0 Å². The summed E-state index contributed by atoms with van der Waals surface area (Å²) in [5, 5.41) is 0. The van der Waals surface area contributed by atoms with Gasteiger partial charge >= 0.3 is 7.82 Å². The van der Waals surface area contributed by atoms with Crippen LogP contribution in [0.3, 0.4) is 0 Å². The molecule has 0 saturated heterocycles. The van der Waals surface area contributed by atoms with Gasteiger partial charge in [0.05, 0.1) is 6.10 Å². The molecule has 1 atom stereocenters. The third-order valence-corrected chi connectivity index (χ3v) is 2.32. The third-order valence-electron chi connectivity index (χ3n) is 1.68. The van der Waals surface area contributed by atoms with Crippen molar-refractivity contribution in [2.45, 2.75) is 19.4 Å². The van der Waals surface area contributed by atoms with Crippen molar-refractivity contribution in [3.05, 3.63) is 35.9 Å². The predicted molar refractivity (Wildman–Crippen MR) is 52.7 cm³/mol. The minimum Gasteiger partial charge on any atom is -0.303 e. The molecule has 0 aliphatic carbocycles. The van der Waals surface area contributed by atoms with Crippen molar-refractivity contribution >= 4 is 7.82 Å². The molecular formula is C9H13O4P. The van der Waals surface area contributed by atoms with Crippen molar-refractivity contribution < 1.29 is 18.9 Å². The minimum atomic E-state index is -4.36. The van der Waals surface area contributed by atoms with Crippen LogP contribution in [0.2, 0.25) is 0 Å². The molecule has 0 saturated carbocycles. The maximum Gasteiger partial charge on any atom is 0.469 e. The largest absolute Gasteiger partial charge is 0.469 e. The first kappa shape index (κ1) is 11.4. The highest BCUT2D eigenvalue weighted by atomic mass is 31.2. The van der Waals surface area contributed by atoms with Crippen molar-refractivity contribution in [1.29, 1.82) is 0 Å². The second kappa shape index (κ2) is 4.71. The first-order valence-corrected chi connectivity index (χ1v) is 5.78. The second-order valence-corrected chi connectivity index (χ2v) is 4.29. The molecular weight excluding hydrogens is 203 g/mol. The molecule has 0 aliphatic heterocycles. The van der Waals surface area contributed by atoms with Crippen LogP contribution in [0.15, 0.2) is 30.3 Å². The molecule has 4 nitrogen and oxygen atoms in total. The van der Waals surface area contributed by atoms with Crippen molar-refractivity contribution in [1.82, 2.24) is 0 Å². The number of benzene rings is 1. The Labute approximate surface area is 82.8 Å². The second-order valence-electron chi connectivity index (χ2n) is 3.10. The fourth-order valence-electron chi connectivity index (χ4n) is 1.22. The van der Waals surface area contributed by atoms with Crippen LogP contribution in [0, 0.1) is 0 Å². The van der Waals surface area contributed by atoms with Crippen molar-refractivity contribution in [2.75, 3.05) is 0 Å². The maximum absolute atomic E-state index is 10.5. The zero-order chi connectivity index (χ0) is 10.6. The van der Waals surface area contributed by atoms with Gasteiger partial charge in [-0.05, 0) is 18.9 Å². The minimum absolute atomic E-state index is 0.488. The molecule has 0 aliphatic rings. The van der Waals surface area contributed by atoms with Crippen molar-refractivity contribution in [2.24, 2.45) is 0 Å². The Morgan fingerprint density at radius 1 is 1.36 bits per heavy atom. The monoisotopic (exact) mass is 216 g/mol. The van der Waals surface area contributed by atoms with Gasteiger partial charge in [-0.15, -0.1) is 0 Å². The van der Waals surface area contributed by atoms with Crippen LogP contribution in [0.4, 0.5) is 0 Å². The van der Waals surface area contributed by atoms with Gasteiger partial charge in [-0.1, -0.05) is 30.3 Å². The van der Waals surface area contributed by atoms with Crippen molar-refractivity contribution in [3.63, 3.8) is 0 Å². The molecule has 0 fully saturated rings. The lowest BCUT2D eigenvalue weighted by molar-refractivity contribution is 0.145. The molecule has 0 heterocycles. The molecule has 1 rings (SSSR count). The van der Waals surface area contributed by atoms with E-state index in [1.54, 1.807) is 6.92 Å². The lowest BCUT2D eigenvalue weighted by Gasteiger charge is -2.13. The lowest BCUT2D eigenvalue weighted by atomic mass is 10.1. The summed E-state index contributed by atoms with van der Waals surface area (Å²) in [4.78, 5) is 17.1. The number of rotatable bonds is 4. The average Bonchev–Trinajstić information content (AvgIpc) is 2.02. The van der Waals surface area contributed by atoms with Gasteiger partial charge in [-0.3, -0.25) is 4.52 Å². The first-order valence-electron chi connectivity index (χ1n) is 4.25. The van der Waals surface area contributed by atoms with E-state index in [-0.39, 0.29) is 0 Å². The van der Waals surface area contributed by atoms with Gasteiger partial charge < -0.3 is 9.79 Å². The van der Waals surface area contributed by atoms with Crippen LogP contribution in [0.5, 0.6) is 0 Å². The summed E-state index contributed by atoms with van der Waals surface area (Å²) >= 11 is 0. The Morgan fingerprint density at radius 3 is 2.43 bits per heavy atom. The molecule has 78 valence electrons. The van der Waals surface area contributed by atoms with Crippen LogP contribution < -0.4 is 0 Å². The highest BCUT2D eigenvalue weighted by Crippen LogP contribution is 2.37. The summed E-state index contributed by atoms with van der Waals surface area (Å²) in [6.45, 7) is 1.63. The zero-order valence-corrected chi connectivity index (χ0v) is 8.72. The fourth-order valence-corrected chi connectivity index (χ4v) is 1.76. The van der Waals surface area contributed by atoms with E-state index in [0.717, 1.165) is 5.56 Å². The van der Waals surface area contributed by atoms with Gasteiger partial charge in [0, 0.05) is 0 Å². The molecule has 0 aromatic heterocycles. The Hall–Kier alpha value is -0.670. The fraction of sp³-hybridized carbons (Fsp3) is 0.333. The van der Waals surface area contributed by atoms with E-state index in [0.29, 0.717) is 6.42 Å². The van der Waals surface area contributed by atoms with Crippen LogP contribution in [-0.2, 0) is 15.5 Å². The Bertz CT molecular complexity index is 319.